The number of aromatic nitrogens is 2. The molecule has 1 aliphatic heterocycles. The van der Waals surface area contributed by atoms with Crippen molar-refractivity contribution in [1.82, 2.24) is 15.4 Å². The van der Waals surface area contributed by atoms with Crippen molar-refractivity contribution in [2.24, 2.45) is 0 Å². The summed E-state index contributed by atoms with van der Waals surface area (Å²) in [6, 6.07) is 9.66. The Kier molecular flexibility index (Phi) is 7.00. The third kappa shape index (κ3) is 5.42. The number of hydrogen-bond acceptors (Lipinski definition) is 7. The highest BCUT2D eigenvalue weighted by atomic mass is 35.5. The monoisotopic (exact) mass is 480 g/mol. The zero-order chi connectivity index (χ0) is 22.7. The van der Waals surface area contributed by atoms with E-state index in [9.17, 15) is 15.1 Å². The second-order valence-electron chi connectivity index (χ2n) is 7.69. The lowest BCUT2D eigenvalue weighted by Crippen LogP contribution is -2.45. The van der Waals surface area contributed by atoms with Crippen LogP contribution >= 0.6 is 23.2 Å². The summed E-state index contributed by atoms with van der Waals surface area (Å²) in [7, 11) is 0. The topological polar surface area (TPSA) is 115 Å². The van der Waals surface area contributed by atoms with Crippen molar-refractivity contribution >= 4 is 40.1 Å². The van der Waals surface area contributed by atoms with Crippen LogP contribution in [0.1, 0.15) is 23.2 Å². The summed E-state index contributed by atoms with van der Waals surface area (Å²) >= 11 is 12.0. The lowest BCUT2D eigenvalue weighted by molar-refractivity contribution is -0.782. The lowest BCUT2D eigenvalue weighted by Gasteiger charge is -2.33. The fourth-order valence-corrected chi connectivity index (χ4v) is 3.93. The van der Waals surface area contributed by atoms with Crippen LogP contribution in [0.3, 0.4) is 0 Å². The van der Waals surface area contributed by atoms with Crippen molar-refractivity contribution in [3.63, 3.8) is 0 Å². The molecule has 2 aromatic carbocycles. The molecule has 3 aromatic rings. The molecule has 0 saturated carbocycles. The molecule has 11 heteroatoms. The van der Waals surface area contributed by atoms with Gasteiger partial charge >= 0.3 is 0 Å². The number of carbonyl (C=O) groups is 1. The standard InChI is InChI=1S/C21H22Cl2N4O5/c22-17-3-2-16(10-18(17)23)31-15-5-7-26(8-6-15)12-14(28)11-24-21(29)13-1-4-20-19(9-13)25-32-27(20)30/h1-4,9-10,14-15,28H,5-8,11-12H2,(H,24,29)/t14-/m1/s1. The molecule has 2 N–H and O–H groups in total. The first-order chi connectivity index (χ1) is 15.4. The molecule has 32 heavy (non-hydrogen) atoms. The first kappa shape index (κ1) is 22.6. The van der Waals surface area contributed by atoms with Crippen LogP contribution in [0.5, 0.6) is 5.75 Å². The molecule has 4 rings (SSSR count). The number of fused-ring (bicyclic) bond motifs is 1. The second-order valence-corrected chi connectivity index (χ2v) is 8.51. The van der Waals surface area contributed by atoms with Gasteiger partial charge < -0.3 is 25.3 Å². The largest absolute Gasteiger partial charge is 0.490 e. The Labute approximate surface area is 194 Å². The first-order valence-corrected chi connectivity index (χ1v) is 10.9. The summed E-state index contributed by atoms with van der Waals surface area (Å²) in [5.41, 5.74) is 0.867. The van der Waals surface area contributed by atoms with E-state index in [1.165, 1.54) is 18.2 Å². The Balaban J connectivity index is 1.20. The van der Waals surface area contributed by atoms with Crippen molar-refractivity contribution in [3.05, 3.63) is 57.2 Å². The Morgan fingerprint density at radius 3 is 2.81 bits per heavy atom. The van der Waals surface area contributed by atoms with Gasteiger partial charge in [-0.2, -0.15) is 0 Å². The molecule has 2 heterocycles. The predicted octanol–water partition coefficient (Wildman–Crippen LogP) is 2.40. The fourth-order valence-electron chi connectivity index (χ4n) is 3.64. The normalized spacial score (nSPS) is 16.2. The number of ether oxygens (including phenoxy) is 1. The van der Waals surface area contributed by atoms with Crippen LogP contribution in [-0.2, 0) is 0 Å². The number of halogens is 2. The lowest BCUT2D eigenvalue weighted by atomic mass is 10.1. The number of rotatable bonds is 7. The number of aliphatic hydroxyl groups excluding tert-OH is 1. The van der Waals surface area contributed by atoms with Crippen molar-refractivity contribution in [1.29, 1.82) is 0 Å². The smallest absolute Gasteiger partial charge is 0.251 e. The summed E-state index contributed by atoms with van der Waals surface area (Å²) in [4.78, 5) is 14.8. The minimum absolute atomic E-state index is 0.0691. The SMILES string of the molecule is O=C(NC[C@@H](O)CN1CCC(Oc2ccc(Cl)c(Cl)c2)CC1)c1ccc2c(c1)no[n+]2[O-]. The molecule has 0 bridgehead atoms. The van der Waals surface area contributed by atoms with Crippen LogP contribution in [0.4, 0.5) is 0 Å². The quantitative estimate of drug-likeness (QED) is 0.498. The van der Waals surface area contributed by atoms with Crippen molar-refractivity contribution in [3.8, 4) is 5.75 Å². The van der Waals surface area contributed by atoms with Crippen LogP contribution in [0, 0.1) is 5.21 Å². The summed E-state index contributed by atoms with van der Waals surface area (Å²) in [5, 5.41) is 28.9. The summed E-state index contributed by atoms with van der Waals surface area (Å²) < 4.78 is 10.5. The molecule has 0 spiro atoms. The predicted molar refractivity (Wildman–Crippen MR) is 118 cm³/mol. The van der Waals surface area contributed by atoms with Crippen LogP contribution in [0.2, 0.25) is 10.0 Å². The van der Waals surface area contributed by atoms with E-state index >= 15 is 0 Å². The number of piperidine rings is 1. The van der Waals surface area contributed by atoms with Gasteiger partial charge in [-0.1, -0.05) is 23.2 Å². The van der Waals surface area contributed by atoms with Gasteiger partial charge in [0.2, 0.25) is 11.0 Å². The van der Waals surface area contributed by atoms with Crippen molar-refractivity contribution < 1.29 is 24.2 Å². The van der Waals surface area contributed by atoms with E-state index in [1.807, 2.05) is 0 Å². The van der Waals surface area contributed by atoms with Crippen molar-refractivity contribution in [2.45, 2.75) is 25.0 Å². The van der Waals surface area contributed by atoms with E-state index in [4.69, 9.17) is 27.9 Å². The van der Waals surface area contributed by atoms with E-state index in [1.54, 1.807) is 18.2 Å². The molecule has 0 radical (unpaired) electrons. The maximum atomic E-state index is 12.3. The number of aliphatic hydroxyl groups is 1. The van der Waals surface area contributed by atoms with Gasteiger partial charge in [-0.25, -0.2) is 0 Å². The highest BCUT2D eigenvalue weighted by molar-refractivity contribution is 6.42. The number of amides is 1. The van der Waals surface area contributed by atoms with E-state index < -0.39 is 6.10 Å². The van der Waals surface area contributed by atoms with Crippen LogP contribution in [0.15, 0.2) is 41.0 Å². The average Bonchev–Trinajstić information content (AvgIpc) is 3.16. The highest BCUT2D eigenvalue weighted by Crippen LogP contribution is 2.28. The molecule has 1 saturated heterocycles. The van der Waals surface area contributed by atoms with E-state index in [2.05, 4.69) is 20.0 Å². The van der Waals surface area contributed by atoms with E-state index in [0.29, 0.717) is 33.4 Å². The van der Waals surface area contributed by atoms with E-state index in [0.717, 1.165) is 25.9 Å². The van der Waals surface area contributed by atoms with Gasteiger partial charge in [0.05, 0.1) is 16.1 Å². The Hall–Kier alpha value is -2.59. The maximum absolute atomic E-state index is 12.3. The van der Waals surface area contributed by atoms with Gasteiger partial charge in [0.1, 0.15) is 11.9 Å². The fraction of sp³-hybridized carbons (Fsp3) is 0.381. The molecule has 1 aliphatic rings. The minimum atomic E-state index is -0.717. The molecular weight excluding hydrogens is 459 g/mol. The number of hydrogen-bond donors (Lipinski definition) is 2. The summed E-state index contributed by atoms with van der Waals surface area (Å²) in [6.07, 6.45) is 0.985. The number of β-amino-alcohol motifs (C(OH)–C–C–N with tert-alkyl or cyclic N) is 1. The molecular formula is C21H22Cl2N4O5. The van der Waals surface area contributed by atoms with Crippen LogP contribution in [0.25, 0.3) is 11.0 Å². The van der Waals surface area contributed by atoms with Gasteiger partial charge in [-0.05, 0) is 42.0 Å². The average molecular weight is 481 g/mol. The van der Waals surface area contributed by atoms with Crippen molar-refractivity contribution in [2.75, 3.05) is 26.2 Å². The van der Waals surface area contributed by atoms with Gasteiger partial charge in [0.15, 0.2) is 0 Å². The molecule has 170 valence electrons. The molecule has 0 aliphatic carbocycles. The number of nitrogens with zero attached hydrogens (tertiary/aromatic N) is 3. The number of benzene rings is 2. The molecule has 0 unspecified atom stereocenters. The first-order valence-electron chi connectivity index (χ1n) is 10.2. The van der Waals surface area contributed by atoms with Gasteiger partial charge in [0, 0.05) is 49.0 Å². The minimum Gasteiger partial charge on any atom is -0.490 e. The maximum Gasteiger partial charge on any atom is 0.251 e. The Morgan fingerprint density at radius 1 is 1.28 bits per heavy atom. The molecule has 1 atom stereocenters. The van der Waals surface area contributed by atoms with Crippen LogP contribution in [-0.4, -0.2) is 59.5 Å². The third-order valence-electron chi connectivity index (χ3n) is 5.34. The number of carbonyl (C=O) groups excluding carboxylic acids is 1. The summed E-state index contributed by atoms with van der Waals surface area (Å²) in [5.74, 6) is 0.328. The van der Waals surface area contributed by atoms with Gasteiger partial charge in [-0.3, -0.25) is 9.42 Å². The number of nitrogens with one attached hydrogen (secondary N) is 1. The van der Waals surface area contributed by atoms with Gasteiger partial charge in [0.25, 0.3) is 5.91 Å². The van der Waals surface area contributed by atoms with Crippen LogP contribution < -0.4 is 15.0 Å². The summed E-state index contributed by atoms with van der Waals surface area (Å²) in [6.45, 7) is 2.10. The molecule has 1 amide bonds. The zero-order valence-corrected chi connectivity index (χ0v) is 18.6. The van der Waals surface area contributed by atoms with E-state index in [-0.39, 0.29) is 29.0 Å². The second kappa shape index (κ2) is 9.91. The zero-order valence-electron chi connectivity index (χ0n) is 17.0. The molecule has 9 nitrogen and oxygen atoms in total. The molecule has 1 fully saturated rings. The number of likely N-dealkylation sites (tertiary alicyclic amines) is 1. The Morgan fingerprint density at radius 2 is 2.06 bits per heavy atom. The Bertz CT molecular complexity index is 1100. The molecule has 1 aromatic heterocycles. The highest BCUT2D eigenvalue weighted by Gasteiger charge is 2.23. The third-order valence-corrected chi connectivity index (χ3v) is 6.08. The van der Waals surface area contributed by atoms with Gasteiger partial charge in [-0.15, -0.1) is 0 Å².